The van der Waals surface area contributed by atoms with Crippen LogP contribution >= 0.6 is 0 Å². The normalized spacial score (nSPS) is 11.9. The van der Waals surface area contributed by atoms with Crippen molar-refractivity contribution in [2.45, 2.75) is 26.2 Å². The highest BCUT2D eigenvalue weighted by Gasteiger charge is 2.09. The van der Waals surface area contributed by atoms with Crippen LogP contribution in [0.2, 0.25) is 0 Å². The second-order valence-electron chi connectivity index (χ2n) is 7.18. The predicted octanol–water partition coefficient (Wildman–Crippen LogP) is 3.46. The molecule has 0 bridgehead atoms. The molecule has 28 heavy (non-hydrogen) atoms. The lowest BCUT2D eigenvalue weighted by Crippen LogP contribution is -2.29. The van der Waals surface area contributed by atoms with Crippen LogP contribution in [-0.2, 0) is 17.6 Å². The molecule has 0 aliphatic rings. The molecule has 1 heterocycles. The Labute approximate surface area is 164 Å². The van der Waals surface area contributed by atoms with Gasteiger partial charge in [0.1, 0.15) is 5.75 Å². The molecule has 0 aliphatic carbocycles. The third kappa shape index (κ3) is 5.22. The van der Waals surface area contributed by atoms with Gasteiger partial charge in [0, 0.05) is 29.4 Å². The molecule has 5 heteroatoms. The van der Waals surface area contributed by atoms with Crippen LogP contribution < -0.4 is 15.6 Å². The van der Waals surface area contributed by atoms with E-state index in [1.54, 1.807) is 7.11 Å². The highest BCUT2D eigenvalue weighted by atomic mass is 16.5. The predicted molar refractivity (Wildman–Crippen MR) is 112 cm³/mol. The number of carbonyl (C=O) groups excluding carboxylic acids is 1. The molecular formula is C23H26N2O3. The summed E-state index contributed by atoms with van der Waals surface area (Å²) in [5, 5.41) is 3.87. The van der Waals surface area contributed by atoms with Crippen LogP contribution in [0.15, 0.2) is 59.4 Å². The van der Waals surface area contributed by atoms with Crippen LogP contribution in [0, 0.1) is 5.92 Å². The Hall–Kier alpha value is -3.08. The molecule has 2 N–H and O–H groups in total. The van der Waals surface area contributed by atoms with Gasteiger partial charge in [0.25, 0.3) is 5.56 Å². The molecule has 1 atom stereocenters. The molecule has 5 nitrogen and oxygen atoms in total. The van der Waals surface area contributed by atoms with Crippen molar-refractivity contribution in [1.29, 1.82) is 0 Å². The first-order valence-corrected chi connectivity index (χ1v) is 9.55. The number of H-pyrrole nitrogens is 1. The second-order valence-corrected chi connectivity index (χ2v) is 7.18. The largest absolute Gasteiger partial charge is 0.497 e. The van der Waals surface area contributed by atoms with Gasteiger partial charge in [-0.3, -0.25) is 9.59 Å². The fraction of sp³-hybridized carbons (Fsp3) is 0.304. The van der Waals surface area contributed by atoms with Gasteiger partial charge in [0.15, 0.2) is 0 Å². The van der Waals surface area contributed by atoms with Crippen molar-refractivity contribution in [3.8, 4) is 5.75 Å². The van der Waals surface area contributed by atoms with Crippen molar-refractivity contribution >= 4 is 16.8 Å². The number of rotatable bonds is 8. The number of methoxy groups -OCH3 is 1. The van der Waals surface area contributed by atoms with E-state index in [4.69, 9.17) is 4.74 Å². The topological polar surface area (TPSA) is 71.2 Å². The zero-order chi connectivity index (χ0) is 19.9. The summed E-state index contributed by atoms with van der Waals surface area (Å²) in [6.45, 7) is 2.74. The third-order valence-electron chi connectivity index (χ3n) is 4.82. The molecule has 1 aromatic heterocycles. The maximum Gasteiger partial charge on any atom is 0.251 e. The molecule has 2 aromatic carbocycles. The summed E-state index contributed by atoms with van der Waals surface area (Å²) in [4.78, 5) is 27.3. The number of fused-ring (bicyclic) bond motifs is 1. The Balaban J connectivity index is 1.54. The highest BCUT2D eigenvalue weighted by Crippen LogP contribution is 2.19. The standard InChI is InChI=1S/C23H26N2O3/c1-16(12-17-6-4-3-5-7-17)15-24-22(26)11-8-18-13-19-14-20(28-2)9-10-21(19)25-23(18)27/h3-7,9-10,13-14,16H,8,11-12,15H2,1-2H3,(H,24,26)(H,25,27). The molecular weight excluding hydrogens is 352 g/mol. The van der Waals surface area contributed by atoms with E-state index in [9.17, 15) is 9.59 Å². The van der Waals surface area contributed by atoms with E-state index >= 15 is 0 Å². The van der Waals surface area contributed by atoms with Gasteiger partial charge in [0.2, 0.25) is 5.91 Å². The maximum absolute atomic E-state index is 12.3. The highest BCUT2D eigenvalue weighted by molar-refractivity contribution is 5.81. The van der Waals surface area contributed by atoms with Gasteiger partial charge >= 0.3 is 0 Å². The number of amides is 1. The molecule has 0 radical (unpaired) electrons. The first kappa shape index (κ1) is 19.7. The summed E-state index contributed by atoms with van der Waals surface area (Å²) in [6.07, 6.45) is 1.62. The van der Waals surface area contributed by atoms with Crippen molar-refractivity contribution in [2.24, 2.45) is 5.92 Å². The van der Waals surface area contributed by atoms with Crippen LogP contribution in [0.3, 0.4) is 0 Å². The smallest absolute Gasteiger partial charge is 0.251 e. The first-order chi connectivity index (χ1) is 13.5. The SMILES string of the molecule is COc1ccc2[nH]c(=O)c(CCC(=O)NCC(C)Cc3ccccc3)cc2c1. The Kier molecular flexibility index (Phi) is 6.48. The molecule has 0 spiro atoms. The number of hydrogen-bond acceptors (Lipinski definition) is 3. The van der Waals surface area contributed by atoms with Crippen LogP contribution in [0.5, 0.6) is 5.75 Å². The fourth-order valence-corrected chi connectivity index (χ4v) is 3.26. The van der Waals surface area contributed by atoms with Crippen molar-refractivity contribution in [3.63, 3.8) is 0 Å². The molecule has 3 rings (SSSR count). The summed E-state index contributed by atoms with van der Waals surface area (Å²) in [6, 6.07) is 17.6. The summed E-state index contributed by atoms with van der Waals surface area (Å²) in [7, 11) is 1.61. The van der Waals surface area contributed by atoms with E-state index in [0.717, 1.165) is 23.1 Å². The lowest BCUT2D eigenvalue weighted by Gasteiger charge is -2.13. The van der Waals surface area contributed by atoms with E-state index in [-0.39, 0.29) is 17.9 Å². The Morgan fingerprint density at radius 1 is 1.14 bits per heavy atom. The van der Waals surface area contributed by atoms with Crippen LogP contribution in [0.1, 0.15) is 24.5 Å². The van der Waals surface area contributed by atoms with Gasteiger partial charge in [-0.15, -0.1) is 0 Å². The number of aryl methyl sites for hydroxylation is 1. The number of nitrogens with one attached hydrogen (secondary N) is 2. The minimum absolute atomic E-state index is 0.0370. The minimum Gasteiger partial charge on any atom is -0.497 e. The molecule has 0 fully saturated rings. The average Bonchev–Trinajstić information content (AvgIpc) is 2.71. The summed E-state index contributed by atoms with van der Waals surface area (Å²) < 4.78 is 5.23. The quantitative estimate of drug-likeness (QED) is 0.631. The van der Waals surface area contributed by atoms with Gasteiger partial charge in [-0.1, -0.05) is 37.3 Å². The van der Waals surface area contributed by atoms with Crippen molar-refractivity contribution < 1.29 is 9.53 Å². The molecule has 1 amide bonds. The van der Waals surface area contributed by atoms with Crippen LogP contribution in [0.4, 0.5) is 0 Å². The number of carbonyl (C=O) groups is 1. The lowest BCUT2D eigenvalue weighted by atomic mass is 10.0. The zero-order valence-corrected chi connectivity index (χ0v) is 16.3. The molecule has 3 aromatic rings. The van der Waals surface area contributed by atoms with E-state index in [1.165, 1.54) is 5.56 Å². The lowest BCUT2D eigenvalue weighted by molar-refractivity contribution is -0.121. The molecule has 0 saturated carbocycles. The number of ether oxygens (including phenoxy) is 1. The molecule has 0 saturated heterocycles. The van der Waals surface area contributed by atoms with Crippen molar-refractivity contribution in [3.05, 3.63) is 76.1 Å². The Morgan fingerprint density at radius 3 is 2.68 bits per heavy atom. The molecule has 1 unspecified atom stereocenters. The molecule has 0 aliphatic heterocycles. The summed E-state index contributed by atoms with van der Waals surface area (Å²) in [5.74, 6) is 1.04. The van der Waals surface area contributed by atoms with Gasteiger partial charge in [-0.2, -0.15) is 0 Å². The summed E-state index contributed by atoms with van der Waals surface area (Å²) in [5.41, 5.74) is 2.48. The van der Waals surface area contributed by atoms with E-state index in [2.05, 4.69) is 29.4 Å². The van der Waals surface area contributed by atoms with E-state index in [0.29, 0.717) is 24.4 Å². The van der Waals surface area contributed by atoms with Crippen LogP contribution in [0.25, 0.3) is 10.9 Å². The van der Waals surface area contributed by atoms with Gasteiger partial charge in [0.05, 0.1) is 7.11 Å². The van der Waals surface area contributed by atoms with Crippen LogP contribution in [-0.4, -0.2) is 24.5 Å². The zero-order valence-electron chi connectivity index (χ0n) is 16.3. The fourth-order valence-electron chi connectivity index (χ4n) is 3.26. The van der Waals surface area contributed by atoms with Gasteiger partial charge < -0.3 is 15.0 Å². The Bertz CT molecular complexity index is 996. The number of aromatic nitrogens is 1. The van der Waals surface area contributed by atoms with Gasteiger partial charge in [-0.25, -0.2) is 0 Å². The number of benzene rings is 2. The third-order valence-corrected chi connectivity index (χ3v) is 4.82. The average molecular weight is 378 g/mol. The number of pyridine rings is 1. The maximum atomic E-state index is 12.3. The first-order valence-electron chi connectivity index (χ1n) is 9.55. The minimum atomic E-state index is -0.150. The van der Waals surface area contributed by atoms with Crippen molar-refractivity contribution in [1.82, 2.24) is 10.3 Å². The summed E-state index contributed by atoms with van der Waals surface area (Å²) >= 11 is 0. The van der Waals surface area contributed by atoms with E-state index < -0.39 is 0 Å². The van der Waals surface area contributed by atoms with Gasteiger partial charge in [-0.05, 0) is 48.6 Å². The number of hydrogen-bond donors (Lipinski definition) is 2. The monoisotopic (exact) mass is 378 g/mol. The molecule has 146 valence electrons. The Morgan fingerprint density at radius 2 is 1.93 bits per heavy atom. The second kappa shape index (κ2) is 9.22. The number of aromatic amines is 1. The van der Waals surface area contributed by atoms with E-state index in [1.807, 2.05) is 42.5 Å². The van der Waals surface area contributed by atoms with Crippen molar-refractivity contribution in [2.75, 3.05) is 13.7 Å².